The van der Waals surface area contributed by atoms with Crippen molar-refractivity contribution < 1.29 is 0 Å². The number of anilines is 1. The van der Waals surface area contributed by atoms with E-state index in [2.05, 4.69) is 27.3 Å². The zero-order valence-corrected chi connectivity index (χ0v) is 8.63. The molecule has 68 valence electrons. The van der Waals surface area contributed by atoms with Gasteiger partial charge in [0.15, 0.2) is 0 Å². The van der Waals surface area contributed by atoms with Gasteiger partial charge in [0.2, 0.25) is 0 Å². The van der Waals surface area contributed by atoms with Gasteiger partial charge in [-0.25, -0.2) is 0 Å². The molecule has 0 amide bonds. The number of rotatable bonds is 3. The molecular weight excluding hydrogens is 230 g/mol. The lowest BCUT2D eigenvalue weighted by Crippen LogP contribution is -2.13. The van der Waals surface area contributed by atoms with Crippen LogP contribution in [0.5, 0.6) is 0 Å². The molecule has 0 radical (unpaired) electrons. The van der Waals surface area contributed by atoms with Gasteiger partial charge < -0.3 is 11.1 Å². The summed E-state index contributed by atoms with van der Waals surface area (Å²) in [6, 6.07) is 7.70. The molecule has 0 heterocycles. The summed E-state index contributed by atoms with van der Waals surface area (Å²) in [5.41, 5.74) is 6.79. The fraction of sp³-hybridized carbons (Fsp3) is 0.222. The lowest BCUT2D eigenvalue weighted by atomic mass is 10.2. The number of nitrogens with zero attached hydrogens (tertiary/aromatic N) is 1. The summed E-state index contributed by atoms with van der Waals surface area (Å²) in [7, 11) is 0. The van der Waals surface area contributed by atoms with Crippen LogP contribution < -0.4 is 11.1 Å². The quantitative estimate of drug-likeness (QED) is 0.845. The molecule has 4 heteroatoms. The smallest absolute Gasteiger partial charge is 0.103 e. The van der Waals surface area contributed by atoms with E-state index in [1.165, 1.54) is 0 Å². The van der Waals surface area contributed by atoms with Crippen molar-refractivity contribution in [3.05, 3.63) is 28.2 Å². The molecule has 0 bridgehead atoms. The molecule has 0 aliphatic carbocycles. The Morgan fingerprint density at radius 3 is 2.92 bits per heavy atom. The van der Waals surface area contributed by atoms with E-state index >= 15 is 0 Å². The van der Waals surface area contributed by atoms with Crippen molar-refractivity contribution in [2.45, 2.75) is 0 Å². The van der Waals surface area contributed by atoms with Gasteiger partial charge in [0.25, 0.3) is 0 Å². The normalized spacial score (nSPS) is 9.31. The van der Waals surface area contributed by atoms with Crippen LogP contribution in [-0.4, -0.2) is 13.1 Å². The van der Waals surface area contributed by atoms with E-state index in [9.17, 15) is 0 Å². The third kappa shape index (κ3) is 2.44. The van der Waals surface area contributed by atoms with E-state index in [0.717, 1.165) is 10.2 Å². The van der Waals surface area contributed by atoms with Crippen LogP contribution in [0.15, 0.2) is 22.7 Å². The number of hydrogen-bond acceptors (Lipinski definition) is 3. The highest BCUT2D eigenvalue weighted by Crippen LogP contribution is 2.23. The minimum absolute atomic E-state index is 0.553. The molecule has 3 N–H and O–H groups in total. The van der Waals surface area contributed by atoms with Gasteiger partial charge in [0.05, 0.1) is 11.3 Å². The van der Waals surface area contributed by atoms with Crippen molar-refractivity contribution in [2.75, 3.05) is 18.4 Å². The Labute approximate surface area is 85.7 Å². The summed E-state index contributed by atoms with van der Waals surface area (Å²) < 4.78 is 0.803. The molecule has 0 fully saturated rings. The van der Waals surface area contributed by atoms with Crippen LogP contribution in [0.1, 0.15) is 5.56 Å². The average molecular weight is 240 g/mol. The maximum atomic E-state index is 8.85. The third-order valence-corrected chi connectivity index (χ3v) is 2.25. The lowest BCUT2D eigenvalue weighted by molar-refractivity contribution is 1.02. The Morgan fingerprint density at radius 1 is 1.54 bits per heavy atom. The highest BCUT2D eigenvalue weighted by atomic mass is 79.9. The first-order valence-corrected chi connectivity index (χ1v) is 4.71. The summed E-state index contributed by atoms with van der Waals surface area (Å²) in [5, 5.41) is 11.9. The predicted octanol–water partition coefficient (Wildman–Crippen LogP) is 1.69. The Kier molecular flexibility index (Phi) is 3.74. The Bertz CT molecular complexity index is 330. The first-order chi connectivity index (χ1) is 6.29. The molecule has 0 aliphatic rings. The molecule has 0 atom stereocenters. The average Bonchev–Trinajstić information content (AvgIpc) is 2.15. The SMILES string of the molecule is N#Cc1c(Br)cccc1NCCN. The lowest BCUT2D eigenvalue weighted by Gasteiger charge is -2.07. The van der Waals surface area contributed by atoms with Gasteiger partial charge >= 0.3 is 0 Å². The van der Waals surface area contributed by atoms with Crippen LogP contribution in [-0.2, 0) is 0 Å². The van der Waals surface area contributed by atoms with E-state index in [1.54, 1.807) is 0 Å². The molecule has 0 aliphatic heterocycles. The number of nitrogens with two attached hydrogens (primary N) is 1. The van der Waals surface area contributed by atoms with Gasteiger partial charge in [-0.3, -0.25) is 0 Å². The number of nitrogens with one attached hydrogen (secondary N) is 1. The Balaban J connectivity index is 2.93. The standard InChI is InChI=1S/C9H10BrN3/c10-8-2-1-3-9(7(8)6-12)13-5-4-11/h1-3,13H,4-5,11H2. The number of nitriles is 1. The van der Waals surface area contributed by atoms with Crippen molar-refractivity contribution in [3.63, 3.8) is 0 Å². The van der Waals surface area contributed by atoms with Crippen molar-refractivity contribution >= 4 is 21.6 Å². The van der Waals surface area contributed by atoms with Crippen molar-refractivity contribution in [2.24, 2.45) is 5.73 Å². The minimum Gasteiger partial charge on any atom is -0.383 e. The van der Waals surface area contributed by atoms with E-state index in [-0.39, 0.29) is 0 Å². The van der Waals surface area contributed by atoms with Crippen molar-refractivity contribution in [1.29, 1.82) is 5.26 Å². The van der Waals surface area contributed by atoms with E-state index in [0.29, 0.717) is 18.7 Å². The largest absolute Gasteiger partial charge is 0.383 e. The number of halogens is 1. The van der Waals surface area contributed by atoms with Crippen LogP contribution in [0, 0.1) is 11.3 Å². The fourth-order valence-corrected chi connectivity index (χ4v) is 1.45. The molecule has 3 nitrogen and oxygen atoms in total. The molecule has 0 spiro atoms. The van der Waals surface area contributed by atoms with Gasteiger partial charge in [-0.1, -0.05) is 6.07 Å². The maximum absolute atomic E-state index is 8.85. The molecule has 1 aromatic carbocycles. The number of benzene rings is 1. The zero-order valence-electron chi connectivity index (χ0n) is 7.05. The topological polar surface area (TPSA) is 61.8 Å². The van der Waals surface area contributed by atoms with Gasteiger partial charge in [0, 0.05) is 17.6 Å². The zero-order chi connectivity index (χ0) is 9.68. The predicted molar refractivity (Wildman–Crippen MR) is 56.4 cm³/mol. The summed E-state index contributed by atoms with van der Waals surface area (Å²) in [4.78, 5) is 0. The molecule has 0 aromatic heterocycles. The molecule has 1 aromatic rings. The van der Waals surface area contributed by atoms with Gasteiger partial charge in [-0.05, 0) is 28.1 Å². The van der Waals surface area contributed by atoms with Gasteiger partial charge in [-0.2, -0.15) is 5.26 Å². The third-order valence-electron chi connectivity index (χ3n) is 1.59. The second kappa shape index (κ2) is 4.85. The van der Waals surface area contributed by atoms with Crippen molar-refractivity contribution in [3.8, 4) is 6.07 Å². The van der Waals surface area contributed by atoms with Crippen LogP contribution in [0.4, 0.5) is 5.69 Å². The first kappa shape index (κ1) is 10.0. The Hall–Kier alpha value is -1.05. The maximum Gasteiger partial charge on any atom is 0.103 e. The summed E-state index contributed by atoms with van der Waals surface area (Å²) in [6.07, 6.45) is 0. The van der Waals surface area contributed by atoms with E-state index < -0.39 is 0 Å². The van der Waals surface area contributed by atoms with E-state index in [4.69, 9.17) is 11.0 Å². The number of hydrogen-bond donors (Lipinski definition) is 2. The molecule has 0 saturated carbocycles. The Morgan fingerprint density at radius 2 is 2.31 bits per heavy atom. The van der Waals surface area contributed by atoms with Gasteiger partial charge in [0.1, 0.15) is 6.07 Å². The summed E-state index contributed by atoms with van der Waals surface area (Å²) in [5.74, 6) is 0. The highest BCUT2D eigenvalue weighted by molar-refractivity contribution is 9.10. The second-order valence-corrected chi connectivity index (χ2v) is 3.34. The second-order valence-electron chi connectivity index (χ2n) is 2.49. The van der Waals surface area contributed by atoms with Crippen LogP contribution in [0.3, 0.4) is 0 Å². The molecule has 0 saturated heterocycles. The molecule has 0 unspecified atom stereocenters. The first-order valence-electron chi connectivity index (χ1n) is 3.92. The van der Waals surface area contributed by atoms with Crippen molar-refractivity contribution in [1.82, 2.24) is 0 Å². The van der Waals surface area contributed by atoms with Crippen LogP contribution >= 0.6 is 15.9 Å². The molecule has 13 heavy (non-hydrogen) atoms. The van der Waals surface area contributed by atoms with Gasteiger partial charge in [-0.15, -0.1) is 0 Å². The fourth-order valence-electron chi connectivity index (χ4n) is 0.992. The molecular formula is C9H10BrN3. The molecule has 1 rings (SSSR count). The van der Waals surface area contributed by atoms with Crippen LogP contribution in [0.25, 0.3) is 0 Å². The summed E-state index contributed by atoms with van der Waals surface area (Å²) >= 11 is 3.31. The minimum atomic E-state index is 0.553. The highest BCUT2D eigenvalue weighted by Gasteiger charge is 2.03. The monoisotopic (exact) mass is 239 g/mol. The van der Waals surface area contributed by atoms with E-state index in [1.807, 2.05) is 18.2 Å². The van der Waals surface area contributed by atoms with Crippen LogP contribution in [0.2, 0.25) is 0 Å². The summed E-state index contributed by atoms with van der Waals surface area (Å²) in [6.45, 7) is 1.22.